The third kappa shape index (κ3) is 5.00. The fourth-order valence-corrected chi connectivity index (χ4v) is 3.79. The van der Waals surface area contributed by atoms with Gasteiger partial charge in [0.15, 0.2) is 5.75 Å². The number of ether oxygens (including phenoxy) is 1. The van der Waals surface area contributed by atoms with E-state index < -0.39 is 11.4 Å². The lowest BCUT2D eigenvalue weighted by Crippen LogP contribution is -2.39. The maximum atomic E-state index is 13.9. The Morgan fingerprint density at radius 3 is 2.58 bits per heavy atom. The van der Waals surface area contributed by atoms with E-state index in [4.69, 9.17) is 4.74 Å². The van der Waals surface area contributed by atoms with Gasteiger partial charge >= 0.3 is 0 Å². The molecule has 1 aromatic carbocycles. The summed E-state index contributed by atoms with van der Waals surface area (Å²) in [7, 11) is 0. The van der Waals surface area contributed by atoms with Gasteiger partial charge in [-0.3, -0.25) is 4.79 Å². The SMILES string of the molecule is CCCc1cnc(N2CCC(Oc3cc(=O)n(-c4ccc(C)c(F)c4)nc3C#N)CC2)nc1. The number of halogens is 1. The topological polar surface area (TPSA) is 96.9 Å². The number of nitrogens with zero attached hydrogens (tertiary/aromatic N) is 6. The van der Waals surface area contributed by atoms with Gasteiger partial charge in [-0.15, -0.1) is 5.10 Å². The molecule has 0 bridgehead atoms. The van der Waals surface area contributed by atoms with Gasteiger partial charge in [0.25, 0.3) is 5.56 Å². The zero-order valence-electron chi connectivity index (χ0n) is 18.7. The van der Waals surface area contributed by atoms with Crippen molar-refractivity contribution < 1.29 is 9.13 Å². The number of piperidine rings is 1. The molecule has 0 N–H and O–H groups in total. The minimum absolute atomic E-state index is 0.0205. The molecule has 1 saturated heterocycles. The molecule has 0 amide bonds. The van der Waals surface area contributed by atoms with Crippen LogP contribution in [0.5, 0.6) is 5.75 Å². The number of rotatable bonds is 6. The Labute approximate surface area is 191 Å². The van der Waals surface area contributed by atoms with Crippen molar-refractivity contribution in [1.29, 1.82) is 5.26 Å². The Kier molecular flexibility index (Phi) is 6.63. The van der Waals surface area contributed by atoms with Crippen molar-refractivity contribution in [1.82, 2.24) is 19.7 Å². The van der Waals surface area contributed by atoms with Crippen molar-refractivity contribution in [3.8, 4) is 17.5 Å². The minimum Gasteiger partial charge on any atom is -0.487 e. The van der Waals surface area contributed by atoms with Crippen LogP contribution in [0.4, 0.5) is 10.3 Å². The Morgan fingerprint density at radius 2 is 1.94 bits per heavy atom. The van der Waals surface area contributed by atoms with Gasteiger partial charge in [0.1, 0.15) is 18.0 Å². The summed E-state index contributed by atoms with van der Waals surface area (Å²) in [6.07, 6.45) is 6.97. The van der Waals surface area contributed by atoms with Gasteiger partial charge in [0, 0.05) is 38.3 Å². The van der Waals surface area contributed by atoms with Gasteiger partial charge in [0.2, 0.25) is 11.6 Å². The van der Waals surface area contributed by atoms with E-state index in [1.165, 1.54) is 12.1 Å². The first kappa shape index (κ1) is 22.4. The number of hydrogen-bond donors (Lipinski definition) is 0. The molecular weight excluding hydrogens is 423 g/mol. The van der Waals surface area contributed by atoms with Crippen molar-refractivity contribution in [2.75, 3.05) is 18.0 Å². The molecular formula is C24H25FN6O2. The van der Waals surface area contributed by atoms with Crippen LogP contribution in [0.3, 0.4) is 0 Å². The van der Waals surface area contributed by atoms with Crippen molar-refractivity contribution in [3.63, 3.8) is 0 Å². The van der Waals surface area contributed by atoms with E-state index in [2.05, 4.69) is 26.9 Å². The Bertz CT molecular complexity index is 1230. The van der Waals surface area contributed by atoms with Crippen LogP contribution >= 0.6 is 0 Å². The summed E-state index contributed by atoms with van der Waals surface area (Å²) >= 11 is 0. The van der Waals surface area contributed by atoms with Gasteiger partial charge in [-0.05, 0) is 36.6 Å². The maximum absolute atomic E-state index is 13.9. The molecule has 0 radical (unpaired) electrons. The van der Waals surface area contributed by atoms with Crippen molar-refractivity contribution in [3.05, 3.63) is 69.7 Å². The molecule has 0 atom stereocenters. The molecule has 0 saturated carbocycles. The van der Waals surface area contributed by atoms with E-state index in [1.807, 2.05) is 18.5 Å². The zero-order valence-corrected chi connectivity index (χ0v) is 18.7. The van der Waals surface area contributed by atoms with E-state index in [1.54, 1.807) is 19.1 Å². The number of benzene rings is 1. The molecule has 3 aromatic rings. The number of nitriles is 1. The summed E-state index contributed by atoms with van der Waals surface area (Å²) in [6.45, 7) is 5.15. The molecule has 1 aliphatic heterocycles. The molecule has 0 unspecified atom stereocenters. The molecule has 1 aliphatic rings. The fraction of sp³-hybridized carbons (Fsp3) is 0.375. The lowest BCUT2D eigenvalue weighted by atomic mass is 10.1. The lowest BCUT2D eigenvalue weighted by Gasteiger charge is -2.32. The molecule has 4 rings (SSSR count). The first-order valence-electron chi connectivity index (χ1n) is 11.0. The molecule has 33 heavy (non-hydrogen) atoms. The molecule has 9 heteroatoms. The highest BCUT2D eigenvalue weighted by Gasteiger charge is 2.24. The van der Waals surface area contributed by atoms with Gasteiger partial charge < -0.3 is 9.64 Å². The smallest absolute Gasteiger partial charge is 0.275 e. The van der Waals surface area contributed by atoms with Crippen molar-refractivity contribution >= 4 is 5.95 Å². The number of hydrogen-bond acceptors (Lipinski definition) is 7. The van der Waals surface area contributed by atoms with Crippen LogP contribution in [0.2, 0.25) is 0 Å². The standard InChI is InChI=1S/C24H25FN6O2/c1-3-4-17-14-27-24(28-15-17)30-9-7-19(8-10-30)33-22-12-23(32)31(29-21(22)13-26)18-6-5-16(2)20(25)11-18/h5-6,11-12,14-15,19H,3-4,7-10H2,1-2H3. The summed E-state index contributed by atoms with van der Waals surface area (Å²) in [6, 6.07) is 7.58. The second-order valence-corrected chi connectivity index (χ2v) is 8.10. The predicted octanol–water partition coefficient (Wildman–Crippen LogP) is 3.34. The molecule has 3 heterocycles. The monoisotopic (exact) mass is 448 g/mol. The third-order valence-electron chi connectivity index (χ3n) is 5.65. The van der Waals surface area contributed by atoms with Crippen molar-refractivity contribution in [2.45, 2.75) is 45.6 Å². The molecule has 0 aliphatic carbocycles. The summed E-state index contributed by atoms with van der Waals surface area (Å²) in [5, 5.41) is 13.7. The highest BCUT2D eigenvalue weighted by Crippen LogP contribution is 2.23. The molecule has 170 valence electrons. The molecule has 8 nitrogen and oxygen atoms in total. The Morgan fingerprint density at radius 1 is 1.21 bits per heavy atom. The Balaban J connectivity index is 1.45. The average molecular weight is 449 g/mol. The van der Waals surface area contributed by atoms with Gasteiger partial charge in [-0.25, -0.2) is 14.4 Å². The summed E-state index contributed by atoms with van der Waals surface area (Å²) in [5.41, 5.74) is 1.32. The van der Waals surface area contributed by atoms with E-state index in [9.17, 15) is 14.4 Å². The van der Waals surface area contributed by atoms with Crippen LogP contribution < -0.4 is 15.2 Å². The largest absolute Gasteiger partial charge is 0.487 e. The highest BCUT2D eigenvalue weighted by atomic mass is 19.1. The second kappa shape index (κ2) is 9.77. The van der Waals surface area contributed by atoms with Gasteiger partial charge in [-0.1, -0.05) is 19.4 Å². The quantitative estimate of drug-likeness (QED) is 0.570. The number of aromatic nitrogens is 4. The highest BCUT2D eigenvalue weighted by molar-refractivity contribution is 5.40. The molecule has 1 fully saturated rings. The fourth-order valence-electron chi connectivity index (χ4n) is 3.79. The van der Waals surface area contributed by atoms with E-state index in [0.29, 0.717) is 37.4 Å². The molecule has 2 aromatic heterocycles. The van der Waals surface area contributed by atoms with Crippen molar-refractivity contribution in [2.24, 2.45) is 0 Å². The van der Waals surface area contributed by atoms with Crippen LogP contribution in [0.15, 0.2) is 41.5 Å². The van der Waals surface area contributed by atoms with Crippen LogP contribution in [0.1, 0.15) is 43.0 Å². The van der Waals surface area contributed by atoms with E-state index >= 15 is 0 Å². The summed E-state index contributed by atoms with van der Waals surface area (Å²) < 4.78 is 20.9. The number of anilines is 1. The van der Waals surface area contributed by atoms with E-state index in [-0.39, 0.29) is 23.2 Å². The minimum atomic E-state index is -0.495. The Hall–Kier alpha value is -3.80. The van der Waals surface area contributed by atoms with Gasteiger partial charge in [-0.2, -0.15) is 9.94 Å². The average Bonchev–Trinajstić information content (AvgIpc) is 2.82. The van der Waals surface area contributed by atoms with E-state index in [0.717, 1.165) is 23.1 Å². The predicted molar refractivity (Wildman–Crippen MR) is 121 cm³/mol. The summed E-state index contributed by atoms with van der Waals surface area (Å²) in [5.74, 6) is 0.390. The zero-order chi connectivity index (χ0) is 23.4. The maximum Gasteiger partial charge on any atom is 0.275 e. The van der Waals surface area contributed by atoms with Crippen LogP contribution in [0.25, 0.3) is 5.69 Å². The number of aryl methyl sites for hydroxylation is 2. The van der Waals surface area contributed by atoms with Gasteiger partial charge in [0.05, 0.1) is 11.8 Å². The van der Waals surface area contributed by atoms with Crippen LogP contribution in [0, 0.1) is 24.1 Å². The second-order valence-electron chi connectivity index (χ2n) is 8.10. The first-order chi connectivity index (χ1) is 16.0. The normalized spacial score (nSPS) is 14.2. The van der Waals surface area contributed by atoms with Crippen LogP contribution in [-0.2, 0) is 6.42 Å². The molecule has 0 spiro atoms. The lowest BCUT2D eigenvalue weighted by molar-refractivity contribution is 0.168. The third-order valence-corrected chi connectivity index (χ3v) is 5.65. The van der Waals surface area contributed by atoms with Crippen LogP contribution in [-0.4, -0.2) is 38.9 Å². The summed E-state index contributed by atoms with van der Waals surface area (Å²) in [4.78, 5) is 23.7. The first-order valence-corrected chi connectivity index (χ1v) is 11.0.